The van der Waals surface area contributed by atoms with Crippen LogP contribution in [0.2, 0.25) is 5.02 Å². The Morgan fingerprint density at radius 3 is 2.82 bits per heavy atom. The molecule has 1 aliphatic rings. The zero-order valence-corrected chi connectivity index (χ0v) is 13.3. The summed E-state index contributed by atoms with van der Waals surface area (Å²) in [5, 5.41) is 9.79. The first-order valence-electron chi connectivity index (χ1n) is 7.53. The van der Waals surface area contributed by atoms with Crippen molar-refractivity contribution in [3.05, 3.63) is 52.4 Å². The summed E-state index contributed by atoms with van der Waals surface area (Å²) in [5.41, 5.74) is 1.13. The molecule has 3 rings (SSSR count). The van der Waals surface area contributed by atoms with Crippen molar-refractivity contribution in [3.63, 3.8) is 0 Å². The van der Waals surface area contributed by atoms with Gasteiger partial charge in [-0.05, 0) is 30.7 Å². The Morgan fingerprint density at radius 1 is 1.27 bits per heavy atom. The van der Waals surface area contributed by atoms with E-state index in [9.17, 15) is 0 Å². The van der Waals surface area contributed by atoms with E-state index in [1.54, 1.807) is 0 Å². The number of furan rings is 1. The van der Waals surface area contributed by atoms with E-state index >= 15 is 0 Å². The molecular weight excluding hydrogens is 302 g/mol. The molecule has 1 N–H and O–H groups in total. The van der Waals surface area contributed by atoms with Gasteiger partial charge >= 0.3 is 0 Å². The van der Waals surface area contributed by atoms with Gasteiger partial charge in [0.1, 0.15) is 30.0 Å². The van der Waals surface area contributed by atoms with Crippen LogP contribution in [0.3, 0.4) is 0 Å². The van der Waals surface area contributed by atoms with Crippen molar-refractivity contribution in [1.82, 2.24) is 4.90 Å². The van der Waals surface area contributed by atoms with Crippen LogP contribution in [0.15, 0.2) is 34.7 Å². The van der Waals surface area contributed by atoms with E-state index in [2.05, 4.69) is 11.8 Å². The second kappa shape index (κ2) is 6.73. The Labute approximate surface area is 135 Å². The SMILES string of the molecule is CCC1CN(Cc2ccc(CO)o2)Cc2ccc(Cl)cc2O1. The lowest BCUT2D eigenvalue weighted by Crippen LogP contribution is -2.31. The third kappa shape index (κ3) is 3.46. The van der Waals surface area contributed by atoms with Gasteiger partial charge in [0.15, 0.2) is 0 Å². The molecule has 0 spiro atoms. The molecule has 2 heterocycles. The van der Waals surface area contributed by atoms with Gasteiger partial charge in [-0.2, -0.15) is 0 Å². The minimum atomic E-state index is -0.0674. The lowest BCUT2D eigenvalue weighted by Gasteiger charge is -2.22. The molecule has 1 aromatic carbocycles. The lowest BCUT2D eigenvalue weighted by molar-refractivity contribution is 0.132. The Morgan fingerprint density at radius 2 is 2.09 bits per heavy atom. The highest BCUT2D eigenvalue weighted by Gasteiger charge is 2.23. The quantitative estimate of drug-likeness (QED) is 0.934. The van der Waals surface area contributed by atoms with Crippen LogP contribution in [0, 0.1) is 0 Å². The first-order valence-corrected chi connectivity index (χ1v) is 7.91. The van der Waals surface area contributed by atoms with Gasteiger partial charge in [-0.3, -0.25) is 4.90 Å². The molecule has 2 aromatic rings. The normalized spacial score (nSPS) is 18.6. The predicted octanol–water partition coefficient (Wildman–Crippen LogP) is 3.60. The summed E-state index contributed by atoms with van der Waals surface area (Å²) in [5.74, 6) is 2.33. The van der Waals surface area contributed by atoms with Crippen LogP contribution in [0.25, 0.3) is 0 Å². The predicted molar refractivity (Wildman–Crippen MR) is 84.9 cm³/mol. The number of ether oxygens (including phenoxy) is 1. The molecule has 0 bridgehead atoms. The highest BCUT2D eigenvalue weighted by Crippen LogP contribution is 2.29. The van der Waals surface area contributed by atoms with Crippen molar-refractivity contribution < 1.29 is 14.3 Å². The maximum absolute atomic E-state index is 9.10. The summed E-state index contributed by atoms with van der Waals surface area (Å²) >= 11 is 6.07. The number of benzene rings is 1. The van der Waals surface area contributed by atoms with Crippen molar-refractivity contribution in [2.24, 2.45) is 0 Å². The molecule has 5 heteroatoms. The molecule has 0 fully saturated rings. The fraction of sp³-hybridized carbons (Fsp3) is 0.412. The first kappa shape index (κ1) is 15.4. The first-order chi connectivity index (χ1) is 10.7. The van der Waals surface area contributed by atoms with Crippen molar-refractivity contribution in [1.29, 1.82) is 0 Å². The second-order valence-corrected chi connectivity index (χ2v) is 6.03. The number of aliphatic hydroxyl groups is 1. The molecule has 22 heavy (non-hydrogen) atoms. The van der Waals surface area contributed by atoms with E-state index in [-0.39, 0.29) is 12.7 Å². The van der Waals surface area contributed by atoms with E-state index in [4.69, 9.17) is 25.9 Å². The van der Waals surface area contributed by atoms with Crippen molar-refractivity contribution in [2.75, 3.05) is 6.54 Å². The van der Waals surface area contributed by atoms with Gasteiger partial charge < -0.3 is 14.3 Å². The number of halogens is 1. The summed E-state index contributed by atoms with van der Waals surface area (Å²) in [6.45, 7) is 4.37. The maximum Gasteiger partial charge on any atom is 0.129 e. The van der Waals surface area contributed by atoms with Gasteiger partial charge in [0.2, 0.25) is 0 Å². The number of hydrogen-bond acceptors (Lipinski definition) is 4. The standard InChI is InChI=1S/C17H20ClNO3/c1-2-14-9-19(10-15-5-6-16(11-20)21-15)8-12-3-4-13(18)7-17(12)22-14/h3-7,14,20H,2,8-11H2,1H3. The van der Waals surface area contributed by atoms with Crippen LogP contribution in [-0.4, -0.2) is 22.7 Å². The average molecular weight is 322 g/mol. The van der Waals surface area contributed by atoms with Crippen molar-refractivity contribution in [2.45, 2.75) is 39.1 Å². The van der Waals surface area contributed by atoms with Gasteiger partial charge in [-0.15, -0.1) is 0 Å². The summed E-state index contributed by atoms with van der Waals surface area (Å²) in [6.07, 6.45) is 1.06. The molecule has 0 saturated heterocycles. The summed E-state index contributed by atoms with van der Waals surface area (Å²) in [7, 11) is 0. The topological polar surface area (TPSA) is 45.8 Å². The Hall–Kier alpha value is -1.49. The fourth-order valence-electron chi connectivity index (χ4n) is 2.72. The number of nitrogens with zero attached hydrogens (tertiary/aromatic N) is 1. The van der Waals surface area contributed by atoms with Gasteiger partial charge in [0.25, 0.3) is 0 Å². The lowest BCUT2D eigenvalue weighted by atomic mass is 10.2. The number of aliphatic hydroxyl groups excluding tert-OH is 1. The van der Waals surface area contributed by atoms with Gasteiger partial charge in [-0.25, -0.2) is 0 Å². The van der Waals surface area contributed by atoms with Gasteiger partial charge in [-0.1, -0.05) is 24.6 Å². The molecule has 0 amide bonds. The van der Waals surface area contributed by atoms with Crippen LogP contribution < -0.4 is 4.74 Å². The number of rotatable bonds is 4. The fourth-order valence-corrected chi connectivity index (χ4v) is 2.89. The molecule has 1 aliphatic heterocycles. The summed E-state index contributed by atoms with van der Waals surface area (Å²) in [4.78, 5) is 2.30. The largest absolute Gasteiger partial charge is 0.489 e. The molecule has 0 radical (unpaired) electrons. The molecule has 4 nitrogen and oxygen atoms in total. The van der Waals surface area contributed by atoms with Crippen molar-refractivity contribution >= 4 is 11.6 Å². The van der Waals surface area contributed by atoms with E-state index in [1.807, 2.05) is 30.3 Å². The van der Waals surface area contributed by atoms with Crippen LogP contribution in [0.1, 0.15) is 30.4 Å². The van der Waals surface area contributed by atoms with Crippen LogP contribution >= 0.6 is 11.6 Å². The van der Waals surface area contributed by atoms with E-state index < -0.39 is 0 Å². The monoisotopic (exact) mass is 321 g/mol. The molecule has 118 valence electrons. The van der Waals surface area contributed by atoms with Gasteiger partial charge in [0.05, 0.1) is 6.54 Å². The van der Waals surface area contributed by atoms with Crippen molar-refractivity contribution in [3.8, 4) is 5.75 Å². The van der Waals surface area contributed by atoms with E-state index in [1.165, 1.54) is 0 Å². The second-order valence-electron chi connectivity index (χ2n) is 5.60. The highest BCUT2D eigenvalue weighted by atomic mass is 35.5. The zero-order valence-electron chi connectivity index (χ0n) is 12.6. The third-order valence-electron chi connectivity index (χ3n) is 3.89. The Balaban J connectivity index is 1.80. The Bertz CT molecular complexity index is 641. The maximum atomic E-state index is 9.10. The molecule has 1 unspecified atom stereocenters. The minimum Gasteiger partial charge on any atom is -0.489 e. The third-order valence-corrected chi connectivity index (χ3v) is 4.12. The molecule has 1 aromatic heterocycles. The highest BCUT2D eigenvalue weighted by molar-refractivity contribution is 6.30. The molecule has 0 aliphatic carbocycles. The minimum absolute atomic E-state index is 0.0674. The Kier molecular flexibility index (Phi) is 4.71. The number of hydrogen-bond donors (Lipinski definition) is 1. The summed E-state index contributed by atoms with van der Waals surface area (Å²) < 4.78 is 11.7. The van der Waals surface area contributed by atoms with Gasteiger partial charge in [0, 0.05) is 23.7 Å². The molecule has 1 atom stereocenters. The molecular formula is C17H20ClNO3. The van der Waals surface area contributed by atoms with Crippen LogP contribution in [0.4, 0.5) is 0 Å². The summed E-state index contributed by atoms with van der Waals surface area (Å²) in [6, 6.07) is 9.53. The molecule has 0 saturated carbocycles. The smallest absolute Gasteiger partial charge is 0.129 e. The zero-order chi connectivity index (χ0) is 15.5. The van der Waals surface area contributed by atoms with Crippen LogP contribution in [-0.2, 0) is 19.7 Å². The van der Waals surface area contributed by atoms with Crippen LogP contribution in [0.5, 0.6) is 5.75 Å². The average Bonchev–Trinajstić information content (AvgIpc) is 2.88. The van der Waals surface area contributed by atoms with E-state index in [0.717, 1.165) is 36.6 Å². The van der Waals surface area contributed by atoms with E-state index in [0.29, 0.717) is 17.3 Å². The number of fused-ring (bicyclic) bond motifs is 1.